The fourth-order valence-electron chi connectivity index (χ4n) is 1.74. The summed E-state index contributed by atoms with van der Waals surface area (Å²) in [6, 6.07) is 0. The van der Waals surface area contributed by atoms with E-state index < -0.39 is 11.5 Å². The van der Waals surface area contributed by atoms with E-state index in [1.807, 2.05) is 13.2 Å². The van der Waals surface area contributed by atoms with Gasteiger partial charge in [0.05, 0.1) is 0 Å². The van der Waals surface area contributed by atoms with Crippen LogP contribution in [0.5, 0.6) is 0 Å². The number of likely N-dealkylation sites (N-methyl/N-ethyl adjacent to an activating group) is 1. The number of nitrogens with zero attached hydrogens (tertiary/aromatic N) is 2. The van der Waals surface area contributed by atoms with Gasteiger partial charge in [-0.3, -0.25) is 4.79 Å². The van der Waals surface area contributed by atoms with Gasteiger partial charge in [-0.2, -0.15) is 0 Å². The topological polar surface area (TPSA) is 75.1 Å². The average Bonchev–Trinajstić information content (AvgIpc) is 2.86. The number of nitrogens with one attached hydrogen (secondary N) is 1. The van der Waals surface area contributed by atoms with Gasteiger partial charge in [0.25, 0.3) is 0 Å². The molecule has 2 N–H and O–H groups in total. The highest BCUT2D eigenvalue weighted by atomic mass is 32.2. The summed E-state index contributed by atoms with van der Waals surface area (Å²) in [4.78, 5) is 11.2. The Labute approximate surface area is 132 Å². The number of hydrogen-bond acceptors (Lipinski definition) is 7. The van der Waals surface area contributed by atoms with Gasteiger partial charge in [-0.1, -0.05) is 48.2 Å². The molecule has 0 bridgehead atoms. The van der Waals surface area contributed by atoms with Crippen LogP contribution in [0, 0.1) is 0 Å². The summed E-state index contributed by atoms with van der Waals surface area (Å²) in [6.07, 6.45) is 4.50. The normalized spacial score (nSPS) is 14.2. The van der Waals surface area contributed by atoms with Gasteiger partial charge in [-0.25, -0.2) is 0 Å². The second-order valence-corrected chi connectivity index (χ2v) is 7.88. The molecular formula is C12H21N3O2S3. The van der Waals surface area contributed by atoms with Crippen LogP contribution in [-0.2, 0) is 4.79 Å². The first-order valence-electron chi connectivity index (χ1n) is 6.50. The molecule has 20 heavy (non-hydrogen) atoms. The van der Waals surface area contributed by atoms with Crippen LogP contribution in [0.4, 0.5) is 0 Å². The van der Waals surface area contributed by atoms with Crippen LogP contribution in [0.3, 0.4) is 0 Å². The summed E-state index contributed by atoms with van der Waals surface area (Å²) >= 11 is 4.90. The first-order valence-corrected chi connectivity index (χ1v) is 9.53. The van der Waals surface area contributed by atoms with Crippen molar-refractivity contribution in [3.63, 3.8) is 0 Å². The molecule has 0 fully saturated rings. The van der Waals surface area contributed by atoms with Crippen LogP contribution < -0.4 is 5.32 Å². The fraction of sp³-hybridized carbons (Fsp3) is 0.750. The van der Waals surface area contributed by atoms with E-state index in [4.69, 9.17) is 0 Å². The van der Waals surface area contributed by atoms with E-state index >= 15 is 0 Å². The molecule has 1 aromatic rings. The molecule has 0 aliphatic heterocycles. The monoisotopic (exact) mass is 335 g/mol. The Bertz CT molecular complexity index is 428. The zero-order valence-electron chi connectivity index (χ0n) is 12.0. The molecule has 1 heterocycles. The van der Waals surface area contributed by atoms with Crippen LogP contribution in [-0.4, -0.2) is 45.4 Å². The summed E-state index contributed by atoms with van der Waals surface area (Å²) in [5, 5.41) is 20.4. The van der Waals surface area contributed by atoms with Crippen LogP contribution in [0.25, 0.3) is 0 Å². The highest BCUT2D eigenvalue weighted by molar-refractivity contribution is 8.02. The molecule has 0 saturated heterocycles. The van der Waals surface area contributed by atoms with E-state index in [1.54, 1.807) is 41.8 Å². The van der Waals surface area contributed by atoms with Crippen molar-refractivity contribution < 1.29 is 9.90 Å². The summed E-state index contributed by atoms with van der Waals surface area (Å²) in [5.74, 6) is 0.172. The van der Waals surface area contributed by atoms with Gasteiger partial charge < -0.3 is 10.4 Å². The minimum Gasteiger partial charge on any atom is -0.480 e. The van der Waals surface area contributed by atoms with Gasteiger partial charge in [0.15, 0.2) is 8.68 Å². The molecule has 0 saturated carbocycles. The van der Waals surface area contributed by atoms with Crippen molar-refractivity contribution in [1.82, 2.24) is 15.5 Å². The van der Waals surface area contributed by atoms with Crippen molar-refractivity contribution in [2.75, 3.05) is 18.6 Å². The molecule has 8 heteroatoms. The molecule has 5 nitrogen and oxygen atoms in total. The molecular weight excluding hydrogens is 314 g/mol. The number of rotatable bonds is 10. The molecule has 0 amide bonds. The van der Waals surface area contributed by atoms with Gasteiger partial charge in [0, 0.05) is 5.75 Å². The SMILES string of the molecule is CCNC(C)(CCCCSc1nnc(SC)s1)C(=O)O. The highest BCUT2D eigenvalue weighted by Crippen LogP contribution is 2.28. The maximum absolute atomic E-state index is 11.2. The van der Waals surface area contributed by atoms with Crippen LogP contribution in [0.15, 0.2) is 8.68 Å². The molecule has 1 unspecified atom stereocenters. The number of carboxylic acid groups (broad SMARTS) is 1. The summed E-state index contributed by atoms with van der Waals surface area (Å²) in [5.41, 5.74) is -0.811. The number of aromatic nitrogens is 2. The van der Waals surface area contributed by atoms with Crippen molar-refractivity contribution in [2.45, 2.75) is 47.3 Å². The lowest BCUT2D eigenvalue weighted by atomic mass is 9.95. The third-order valence-corrected chi connectivity index (χ3v) is 6.02. The molecule has 0 radical (unpaired) electrons. The number of carbonyl (C=O) groups is 1. The molecule has 1 aromatic heterocycles. The standard InChI is InChI=1S/C12H21N3O2S3/c1-4-13-12(2,9(16)17)7-5-6-8-19-11-15-14-10(18-3)20-11/h13H,4-8H2,1-3H3,(H,16,17). The Balaban J connectivity index is 2.25. The first kappa shape index (κ1) is 17.7. The van der Waals surface area contributed by atoms with E-state index in [-0.39, 0.29) is 0 Å². The number of carboxylic acids is 1. The Morgan fingerprint density at radius 2 is 2.10 bits per heavy atom. The van der Waals surface area contributed by atoms with E-state index in [0.717, 1.165) is 27.3 Å². The Morgan fingerprint density at radius 3 is 2.65 bits per heavy atom. The Hall–Kier alpha value is -0.310. The van der Waals surface area contributed by atoms with Gasteiger partial charge >= 0.3 is 5.97 Å². The molecule has 0 aliphatic rings. The Morgan fingerprint density at radius 1 is 1.40 bits per heavy atom. The largest absolute Gasteiger partial charge is 0.480 e. The maximum atomic E-state index is 11.2. The third kappa shape index (κ3) is 5.59. The van der Waals surface area contributed by atoms with Crippen LogP contribution in [0.2, 0.25) is 0 Å². The lowest BCUT2D eigenvalue weighted by Gasteiger charge is -2.25. The third-order valence-electron chi connectivity index (χ3n) is 2.90. The van der Waals surface area contributed by atoms with Crippen molar-refractivity contribution in [3.8, 4) is 0 Å². The van der Waals surface area contributed by atoms with E-state index in [2.05, 4.69) is 15.5 Å². The van der Waals surface area contributed by atoms with Crippen LogP contribution >= 0.6 is 34.9 Å². The number of unbranched alkanes of at least 4 members (excludes halogenated alkanes) is 1. The van der Waals surface area contributed by atoms with Crippen molar-refractivity contribution in [1.29, 1.82) is 0 Å². The van der Waals surface area contributed by atoms with Crippen LogP contribution in [0.1, 0.15) is 33.1 Å². The van der Waals surface area contributed by atoms with E-state index in [0.29, 0.717) is 13.0 Å². The zero-order chi connectivity index (χ0) is 15.0. The predicted molar refractivity (Wildman–Crippen MR) is 86.0 cm³/mol. The van der Waals surface area contributed by atoms with Crippen molar-refractivity contribution >= 4 is 40.8 Å². The highest BCUT2D eigenvalue weighted by Gasteiger charge is 2.30. The van der Waals surface area contributed by atoms with E-state index in [9.17, 15) is 9.90 Å². The second kappa shape index (κ2) is 8.86. The minimum atomic E-state index is -0.811. The van der Waals surface area contributed by atoms with Crippen molar-refractivity contribution in [2.24, 2.45) is 0 Å². The quantitative estimate of drug-likeness (QED) is 0.503. The average molecular weight is 336 g/mol. The molecule has 1 rings (SSSR count). The van der Waals surface area contributed by atoms with Gasteiger partial charge in [-0.05, 0) is 32.6 Å². The van der Waals surface area contributed by atoms with Gasteiger partial charge in [-0.15, -0.1) is 10.2 Å². The Kier molecular flexibility index (Phi) is 7.86. The predicted octanol–water partition coefficient (Wildman–Crippen LogP) is 2.98. The lowest BCUT2D eigenvalue weighted by Crippen LogP contribution is -2.49. The number of thioether (sulfide) groups is 2. The summed E-state index contributed by atoms with van der Waals surface area (Å²) in [6.45, 7) is 4.34. The number of hydrogen-bond donors (Lipinski definition) is 2. The zero-order valence-corrected chi connectivity index (χ0v) is 14.5. The van der Waals surface area contributed by atoms with Gasteiger partial charge in [0.2, 0.25) is 0 Å². The first-order chi connectivity index (χ1) is 9.51. The molecule has 114 valence electrons. The second-order valence-electron chi connectivity index (χ2n) is 4.51. The van der Waals surface area contributed by atoms with Gasteiger partial charge in [0.1, 0.15) is 5.54 Å². The molecule has 0 aliphatic carbocycles. The molecule has 1 atom stereocenters. The summed E-state index contributed by atoms with van der Waals surface area (Å²) < 4.78 is 1.97. The minimum absolute atomic E-state index is 0.642. The molecule has 0 spiro atoms. The summed E-state index contributed by atoms with van der Waals surface area (Å²) in [7, 11) is 0. The molecule has 0 aromatic carbocycles. The van der Waals surface area contributed by atoms with E-state index in [1.165, 1.54) is 0 Å². The lowest BCUT2D eigenvalue weighted by molar-refractivity contribution is -0.144. The maximum Gasteiger partial charge on any atom is 0.323 e. The number of aliphatic carboxylic acids is 1. The fourth-order valence-corrected chi connectivity index (χ4v) is 4.25. The van der Waals surface area contributed by atoms with Crippen molar-refractivity contribution in [3.05, 3.63) is 0 Å². The smallest absolute Gasteiger partial charge is 0.323 e.